The fourth-order valence-corrected chi connectivity index (χ4v) is 3.68. The van der Waals surface area contributed by atoms with E-state index in [-0.39, 0.29) is 23.7 Å². The zero-order chi connectivity index (χ0) is 17.9. The summed E-state index contributed by atoms with van der Waals surface area (Å²) in [5, 5.41) is 9.63. The third-order valence-electron chi connectivity index (χ3n) is 3.44. The van der Waals surface area contributed by atoms with Gasteiger partial charge in [0.1, 0.15) is 5.69 Å². The van der Waals surface area contributed by atoms with Crippen LogP contribution >= 0.6 is 0 Å². The Labute approximate surface area is 141 Å². The smallest absolute Gasteiger partial charge is 0.243 e. The molecule has 1 atom stereocenters. The molecule has 0 amide bonds. The molecule has 1 heterocycles. The van der Waals surface area contributed by atoms with E-state index in [4.69, 9.17) is 0 Å². The molecule has 1 N–H and O–H groups in total. The molecule has 2 aromatic rings. The van der Waals surface area contributed by atoms with Gasteiger partial charge in [0.2, 0.25) is 10.0 Å². The van der Waals surface area contributed by atoms with E-state index in [9.17, 15) is 18.3 Å². The highest BCUT2D eigenvalue weighted by atomic mass is 32.2. The molecule has 0 saturated heterocycles. The van der Waals surface area contributed by atoms with Crippen LogP contribution in [0, 0.1) is 6.92 Å². The Bertz CT molecular complexity index is 810. The maximum atomic E-state index is 12.8. The van der Waals surface area contributed by atoms with Crippen molar-refractivity contribution in [2.24, 2.45) is 7.05 Å². The molecule has 0 saturated carbocycles. The van der Waals surface area contributed by atoms with Crippen LogP contribution in [-0.2, 0) is 17.1 Å². The van der Waals surface area contributed by atoms with E-state index in [1.54, 1.807) is 23.7 Å². The second-order valence-electron chi connectivity index (χ2n) is 5.81. The van der Waals surface area contributed by atoms with Gasteiger partial charge in [0.05, 0.1) is 23.9 Å². The molecule has 0 aliphatic carbocycles. The summed E-state index contributed by atoms with van der Waals surface area (Å²) in [5.41, 5.74) is 1.12. The molecule has 24 heavy (non-hydrogen) atoms. The van der Waals surface area contributed by atoms with E-state index in [2.05, 4.69) is 4.98 Å². The summed E-state index contributed by atoms with van der Waals surface area (Å²) in [6.45, 7) is 2.78. The molecule has 0 fully saturated rings. The predicted octanol–water partition coefficient (Wildman–Crippen LogP) is 0.983. The number of sulfonamides is 1. The van der Waals surface area contributed by atoms with E-state index in [0.29, 0.717) is 0 Å². The first-order valence-corrected chi connectivity index (χ1v) is 8.90. The molecule has 0 aliphatic heterocycles. The van der Waals surface area contributed by atoms with Crippen LogP contribution < -0.4 is 0 Å². The van der Waals surface area contributed by atoms with Crippen LogP contribution in [0.2, 0.25) is 0 Å². The average Bonchev–Trinajstić information content (AvgIpc) is 2.93. The van der Waals surface area contributed by atoms with Crippen LogP contribution in [0.25, 0.3) is 0 Å². The molecule has 1 aromatic carbocycles. The number of carbonyl (C=O) groups excluding carboxylic acids is 1. The first-order chi connectivity index (χ1) is 11.2. The van der Waals surface area contributed by atoms with Crippen molar-refractivity contribution in [1.29, 1.82) is 0 Å². The van der Waals surface area contributed by atoms with Gasteiger partial charge in [-0.3, -0.25) is 4.79 Å². The topological polar surface area (TPSA) is 92.5 Å². The second kappa shape index (κ2) is 7.25. The summed E-state index contributed by atoms with van der Waals surface area (Å²) >= 11 is 0. The Kier molecular flexibility index (Phi) is 5.53. The highest BCUT2D eigenvalue weighted by molar-refractivity contribution is 7.89. The van der Waals surface area contributed by atoms with Crippen LogP contribution in [0.1, 0.15) is 23.0 Å². The highest BCUT2D eigenvalue weighted by Crippen LogP contribution is 2.17. The summed E-state index contributed by atoms with van der Waals surface area (Å²) in [6.07, 6.45) is 2.10. The van der Waals surface area contributed by atoms with Gasteiger partial charge in [-0.25, -0.2) is 13.4 Å². The number of nitrogens with zero attached hydrogens (tertiary/aromatic N) is 3. The van der Waals surface area contributed by atoms with Gasteiger partial charge >= 0.3 is 0 Å². The number of benzene rings is 1. The van der Waals surface area contributed by atoms with Gasteiger partial charge in [-0.15, -0.1) is 0 Å². The van der Waals surface area contributed by atoms with E-state index < -0.39 is 21.9 Å². The Morgan fingerprint density at radius 3 is 2.46 bits per heavy atom. The molecule has 7 nitrogen and oxygen atoms in total. The normalized spacial score (nSPS) is 13.2. The lowest BCUT2D eigenvalue weighted by Gasteiger charge is -2.22. The maximum absolute atomic E-state index is 12.8. The number of aliphatic hydroxyl groups is 1. The average molecular weight is 351 g/mol. The molecule has 130 valence electrons. The maximum Gasteiger partial charge on any atom is 0.243 e. The van der Waals surface area contributed by atoms with Crippen molar-refractivity contribution < 1.29 is 18.3 Å². The fourth-order valence-electron chi connectivity index (χ4n) is 2.20. The Morgan fingerprint density at radius 2 is 1.96 bits per heavy atom. The summed E-state index contributed by atoms with van der Waals surface area (Å²) < 4.78 is 28.2. The number of rotatable bonds is 7. The Morgan fingerprint density at radius 1 is 1.33 bits per heavy atom. The number of aliphatic hydroxyl groups excluding tert-OH is 1. The number of hydrogen-bond donors (Lipinski definition) is 1. The Hall–Kier alpha value is -2.03. The SMILES string of the molecule is Cc1ccc(S(=O)(=O)N(CC(=O)c2cn(C)cn2)CC(C)O)cc1. The van der Waals surface area contributed by atoms with Crippen LogP contribution in [0.3, 0.4) is 0 Å². The van der Waals surface area contributed by atoms with Gasteiger partial charge in [-0.1, -0.05) is 17.7 Å². The van der Waals surface area contributed by atoms with Crippen molar-refractivity contribution in [1.82, 2.24) is 13.9 Å². The van der Waals surface area contributed by atoms with Gasteiger partial charge in [0, 0.05) is 19.8 Å². The monoisotopic (exact) mass is 351 g/mol. The third kappa shape index (κ3) is 4.28. The minimum atomic E-state index is -3.89. The standard InChI is InChI=1S/C16H21N3O4S/c1-12-4-6-14(7-5-12)24(22,23)19(8-13(2)20)10-16(21)15-9-18(3)11-17-15/h4-7,9,11,13,20H,8,10H2,1-3H3. The first-order valence-electron chi connectivity index (χ1n) is 7.46. The predicted molar refractivity (Wildman–Crippen MR) is 89.2 cm³/mol. The minimum absolute atomic E-state index is 0.0857. The fraction of sp³-hybridized carbons (Fsp3) is 0.375. The van der Waals surface area contributed by atoms with E-state index >= 15 is 0 Å². The van der Waals surface area contributed by atoms with Crippen molar-refractivity contribution in [3.63, 3.8) is 0 Å². The molecule has 1 unspecified atom stereocenters. The lowest BCUT2D eigenvalue weighted by Crippen LogP contribution is -2.40. The molecular formula is C16H21N3O4S. The van der Waals surface area contributed by atoms with E-state index in [0.717, 1.165) is 9.87 Å². The number of aryl methyl sites for hydroxylation is 2. The molecule has 0 aliphatic rings. The molecule has 0 bridgehead atoms. The van der Waals surface area contributed by atoms with Crippen molar-refractivity contribution >= 4 is 15.8 Å². The number of carbonyl (C=O) groups is 1. The van der Waals surface area contributed by atoms with E-state index in [1.807, 2.05) is 6.92 Å². The van der Waals surface area contributed by atoms with Crippen molar-refractivity contribution in [3.8, 4) is 0 Å². The summed E-state index contributed by atoms with van der Waals surface area (Å²) in [5.74, 6) is -0.424. The summed E-state index contributed by atoms with van der Waals surface area (Å²) in [6, 6.07) is 6.36. The van der Waals surface area contributed by atoms with Crippen molar-refractivity contribution in [2.75, 3.05) is 13.1 Å². The van der Waals surface area contributed by atoms with Crippen LogP contribution in [0.15, 0.2) is 41.7 Å². The minimum Gasteiger partial charge on any atom is -0.392 e. The van der Waals surface area contributed by atoms with Crippen molar-refractivity contribution in [3.05, 3.63) is 48.0 Å². The van der Waals surface area contributed by atoms with Crippen LogP contribution in [0.4, 0.5) is 0 Å². The molecule has 0 spiro atoms. The second-order valence-corrected chi connectivity index (χ2v) is 7.75. The number of ketones is 1. The zero-order valence-corrected chi connectivity index (χ0v) is 14.7. The van der Waals surface area contributed by atoms with Gasteiger partial charge in [0.15, 0.2) is 5.78 Å². The van der Waals surface area contributed by atoms with Crippen LogP contribution in [0.5, 0.6) is 0 Å². The van der Waals surface area contributed by atoms with Crippen LogP contribution in [-0.4, -0.2) is 52.4 Å². The largest absolute Gasteiger partial charge is 0.392 e. The molecular weight excluding hydrogens is 330 g/mol. The lowest BCUT2D eigenvalue weighted by atomic mass is 10.2. The zero-order valence-electron chi connectivity index (χ0n) is 13.9. The van der Waals surface area contributed by atoms with Crippen molar-refractivity contribution in [2.45, 2.75) is 24.8 Å². The highest BCUT2D eigenvalue weighted by Gasteiger charge is 2.28. The number of hydrogen-bond acceptors (Lipinski definition) is 5. The first kappa shape index (κ1) is 18.3. The number of imidazole rings is 1. The van der Waals surface area contributed by atoms with E-state index in [1.165, 1.54) is 31.6 Å². The molecule has 1 aromatic heterocycles. The molecule has 2 rings (SSSR count). The van der Waals surface area contributed by atoms with Gasteiger partial charge in [0.25, 0.3) is 0 Å². The summed E-state index contributed by atoms with van der Waals surface area (Å²) in [4.78, 5) is 16.3. The summed E-state index contributed by atoms with van der Waals surface area (Å²) in [7, 11) is -2.17. The Balaban J connectivity index is 2.30. The quantitative estimate of drug-likeness (QED) is 0.751. The number of Topliss-reactive ketones (excluding diaryl/α,β-unsaturated/α-hetero) is 1. The molecule has 0 radical (unpaired) electrons. The number of aromatic nitrogens is 2. The van der Waals surface area contributed by atoms with Gasteiger partial charge < -0.3 is 9.67 Å². The molecule has 8 heteroatoms. The van der Waals surface area contributed by atoms with Gasteiger partial charge in [-0.2, -0.15) is 4.31 Å². The third-order valence-corrected chi connectivity index (χ3v) is 5.26. The van der Waals surface area contributed by atoms with Gasteiger partial charge in [-0.05, 0) is 26.0 Å². The lowest BCUT2D eigenvalue weighted by molar-refractivity contribution is 0.0939.